The van der Waals surface area contributed by atoms with Gasteiger partial charge in [-0.1, -0.05) is 23.7 Å². The Hall–Kier alpha value is -2.18. The molecule has 6 nitrogen and oxygen atoms in total. The van der Waals surface area contributed by atoms with Gasteiger partial charge in [0.15, 0.2) is 5.82 Å². The molecule has 2 aromatic rings. The van der Waals surface area contributed by atoms with Crippen LogP contribution in [-0.2, 0) is 6.54 Å². The van der Waals surface area contributed by atoms with Crippen molar-refractivity contribution in [1.82, 2.24) is 14.7 Å². The van der Waals surface area contributed by atoms with Crippen molar-refractivity contribution in [3.05, 3.63) is 53.1 Å². The first-order chi connectivity index (χ1) is 9.19. The minimum Gasteiger partial charge on any atom is -0.326 e. The number of hydrazine groups is 1. The van der Waals surface area contributed by atoms with Crippen LogP contribution in [0, 0.1) is 5.41 Å². The smallest absolute Gasteiger partial charge is 0.153 e. The van der Waals surface area contributed by atoms with Crippen LogP contribution in [0.1, 0.15) is 11.4 Å². The highest BCUT2D eigenvalue weighted by Gasteiger charge is 2.01. The van der Waals surface area contributed by atoms with E-state index >= 15 is 0 Å². The standard InChI is InChI=1S/C12H13ClN6/c13-11-3-1-10(2-4-11)8-18-6-5-16-12(18)7-17-19(15)9-14/h1-7,9,14H,8,15H2/b14-9?,17-7+. The number of nitrogens with zero attached hydrogens (tertiary/aromatic N) is 4. The maximum absolute atomic E-state index is 6.91. The van der Waals surface area contributed by atoms with Gasteiger partial charge in [0.1, 0.15) is 6.34 Å². The number of nitrogens with two attached hydrogens (primary N) is 1. The number of hydrogen-bond donors (Lipinski definition) is 2. The molecule has 0 bridgehead atoms. The highest BCUT2D eigenvalue weighted by atomic mass is 35.5. The molecule has 1 heterocycles. The number of aromatic nitrogens is 2. The van der Waals surface area contributed by atoms with Crippen molar-refractivity contribution in [1.29, 1.82) is 5.41 Å². The molecule has 0 aliphatic carbocycles. The third kappa shape index (κ3) is 3.64. The lowest BCUT2D eigenvalue weighted by atomic mass is 10.2. The molecule has 0 fully saturated rings. The predicted octanol–water partition coefficient (Wildman–Crippen LogP) is 1.70. The number of nitrogens with one attached hydrogen (secondary N) is 1. The summed E-state index contributed by atoms with van der Waals surface area (Å²) in [6.07, 6.45) is 5.94. The molecule has 0 saturated carbocycles. The molecular formula is C12H13ClN6. The molecule has 0 atom stereocenters. The van der Waals surface area contributed by atoms with Crippen molar-refractivity contribution in [2.75, 3.05) is 0 Å². The first-order valence-electron chi connectivity index (χ1n) is 5.53. The molecule has 2 rings (SSSR count). The monoisotopic (exact) mass is 276 g/mol. The van der Waals surface area contributed by atoms with Crippen LogP contribution in [0.2, 0.25) is 5.02 Å². The summed E-state index contributed by atoms with van der Waals surface area (Å²) in [5.74, 6) is 6.01. The van der Waals surface area contributed by atoms with Crippen LogP contribution in [-0.4, -0.2) is 27.2 Å². The highest BCUT2D eigenvalue weighted by molar-refractivity contribution is 6.30. The van der Waals surface area contributed by atoms with E-state index in [1.807, 2.05) is 35.0 Å². The van der Waals surface area contributed by atoms with Gasteiger partial charge in [-0.25, -0.2) is 10.8 Å². The summed E-state index contributed by atoms with van der Waals surface area (Å²) in [7, 11) is 0. The van der Waals surface area contributed by atoms with Crippen LogP contribution in [0.3, 0.4) is 0 Å². The van der Waals surface area contributed by atoms with Gasteiger partial charge in [0.25, 0.3) is 0 Å². The third-order valence-corrected chi connectivity index (χ3v) is 2.70. The Balaban J connectivity index is 2.13. The lowest BCUT2D eigenvalue weighted by Gasteiger charge is -2.06. The molecule has 0 saturated heterocycles. The number of hydrazone groups is 1. The summed E-state index contributed by atoms with van der Waals surface area (Å²) in [6, 6.07) is 7.60. The van der Waals surface area contributed by atoms with Gasteiger partial charge >= 0.3 is 0 Å². The molecule has 19 heavy (non-hydrogen) atoms. The molecule has 3 N–H and O–H groups in total. The van der Waals surface area contributed by atoms with Gasteiger partial charge in [-0.2, -0.15) is 10.2 Å². The van der Waals surface area contributed by atoms with Crippen molar-refractivity contribution in [3.63, 3.8) is 0 Å². The SMILES string of the molecule is N=CN(N)/N=C/c1nccn1Cc1ccc(Cl)cc1. The van der Waals surface area contributed by atoms with Gasteiger partial charge in [0, 0.05) is 24.0 Å². The summed E-state index contributed by atoms with van der Waals surface area (Å²) < 4.78 is 1.92. The zero-order valence-corrected chi connectivity index (χ0v) is 10.8. The summed E-state index contributed by atoms with van der Waals surface area (Å²) >= 11 is 5.84. The van der Waals surface area contributed by atoms with Crippen LogP contribution in [0.25, 0.3) is 0 Å². The van der Waals surface area contributed by atoms with E-state index in [-0.39, 0.29) is 0 Å². The number of imidazole rings is 1. The average Bonchev–Trinajstić information content (AvgIpc) is 2.86. The lowest BCUT2D eigenvalue weighted by Crippen LogP contribution is -2.23. The minimum atomic E-state index is 0.659. The van der Waals surface area contributed by atoms with E-state index in [1.165, 1.54) is 6.21 Å². The second kappa shape index (κ2) is 6.12. The molecular weight excluding hydrogens is 264 g/mol. The van der Waals surface area contributed by atoms with Crippen LogP contribution in [0.4, 0.5) is 0 Å². The molecule has 0 radical (unpaired) electrons. The van der Waals surface area contributed by atoms with E-state index in [1.54, 1.807) is 6.20 Å². The van der Waals surface area contributed by atoms with E-state index in [0.29, 0.717) is 17.4 Å². The van der Waals surface area contributed by atoms with Gasteiger partial charge in [-0.3, -0.25) is 5.41 Å². The molecule has 0 unspecified atom stereocenters. The maximum atomic E-state index is 6.91. The number of hydrogen-bond acceptors (Lipinski definition) is 4. The predicted molar refractivity (Wildman–Crippen MR) is 75.2 cm³/mol. The average molecular weight is 277 g/mol. The summed E-state index contributed by atoms with van der Waals surface area (Å²) in [4.78, 5) is 4.17. The van der Waals surface area contributed by atoms with Crippen LogP contribution in [0.15, 0.2) is 41.8 Å². The largest absolute Gasteiger partial charge is 0.326 e. The zero-order valence-electron chi connectivity index (χ0n) is 10.1. The van der Waals surface area contributed by atoms with E-state index in [9.17, 15) is 0 Å². The maximum Gasteiger partial charge on any atom is 0.153 e. The number of rotatable bonds is 5. The van der Waals surface area contributed by atoms with Crippen molar-refractivity contribution in [3.8, 4) is 0 Å². The molecule has 0 amide bonds. The zero-order chi connectivity index (χ0) is 13.7. The summed E-state index contributed by atoms with van der Waals surface area (Å²) in [5, 5.41) is 12.4. The topological polar surface area (TPSA) is 83.3 Å². The van der Waals surface area contributed by atoms with Crippen molar-refractivity contribution in [2.24, 2.45) is 10.9 Å². The van der Waals surface area contributed by atoms with E-state index < -0.39 is 0 Å². The first kappa shape index (κ1) is 13.3. The van der Waals surface area contributed by atoms with Gasteiger partial charge in [-0.05, 0) is 17.7 Å². The van der Waals surface area contributed by atoms with Crippen LogP contribution in [0.5, 0.6) is 0 Å². The molecule has 0 aliphatic heterocycles. The van der Waals surface area contributed by atoms with Gasteiger partial charge in [0.2, 0.25) is 0 Å². The minimum absolute atomic E-state index is 0.659. The van der Waals surface area contributed by atoms with Crippen LogP contribution < -0.4 is 5.84 Å². The quantitative estimate of drug-likeness (QED) is 0.377. The fourth-order valence-electron chi connectivity index (χ4n) is 1.52. The number of benzene rings is 1. The lowest BCUT2D eigenvalue weighted by molar-refractivity contribution is 0.485. The highest BCUT2D eigenvalue weighted by Crippen LogP contribution is 2.11. The second-order valence-electron chi connectivity index (χ2n) is 3.79. The summed E-state index contributed by atoms with van der Waals surface area (Å²) in [5.41, 5.74) is 1.11. The first-order valence-corrected chi connectivity index (χ1v) is 5.91. The Morgan fingerprint density at radius 1 is 1.42 bits per heavy atom. The van der Waals surface area contributed by atoms with E-state index in [2.05, 4.69) is 10.1 Å². The van der Waals surface area contributed by atoms with Crippen molar-refractivity contribution >= 4 is 24.2 Å². The molecule has 7 heteroatoms. The Morgan fingerprint density at radius 2 is 2.16 bits per heavy atom. The Bertz CT molecular complexity index is 574. The molecule has 98 valence electrons. The molecule has 0 spiro atoms. The van der Waals surface area contributed by atoms with Crippen molar-refractivity contribution in [2.45, 2.75) is 6.54 Å². The molecule has 1 aromatic heterocycles. The molecule has 0 aliphatic rings. The fraction of sp³-hybridized carbons (Fsp3) is 0.0833. The Morgan fingerprint density at radius 3 is 2.84 bits per heavy atom. The summed E-state index contributed by atoms with van der Waals surface area (Å²) in [6.45, 7) is 0.660. The van der Waals surface area contributed by atoms with Crippen molar-refractivity contribution < 1.29 is 0 Å². The Labute approximate surface area is 115 Å². The van der Waals surface area contributed by atoms with Gasteiger partial charge in [-0.15, -0.1) is 0 Å². The number of halogens is 1. The Kier molecular flexibility index (Phi) is 4.27. The molecule has 1 aromatic carbocycles. The normalized spacial score (nSPS) is 10.8. The second-order valence-corrected chi connectivity index (χ2v) is 4.23. The van der Waals surface area contributed by atoms with E-state index in [4.69, 9.17) is 22.9 Å². The fourth-order valence-corrected chi connectivity index (χ4v) is 1.65. The van der Waals surface area contributed by atoms with Crippen LogP contribution >= 0.6 is 11.6 Å². The third-order valence-electron chi connectivity index (χ3n) is 2.45. The van der Waals surface area contributed by atoms with Gasteiger partial charge < -0.3 is 4.57 Å². The van der Waals surface area contributed by atoms with E-state index in [0.717, 1.165) is 17.0 Å². The van der Waals surface area contributed by atoms with Gasteiger partial charge in [0.05, 0.1) is 6.21 Å².